The van der Waals surface area contributed by atoms with Crippen molar-refractivity contribution in [3.63, 3.8) is 0 Å². The summed E-state index contributed by atoms with van der Waals surface area (Å²) in [5.74, 6) is 0.592. The van der Waals surface area contributed by atoms with E-state index in [4.69, 9.17) is 21.6 Å². The maximum Gasteiger partial charge on any atom is 0.242 e. The standard InChI is InChI=1S/C29H29ClFN7O2S/c1-36(16-17-37(2)41(39,40)24-9-4-3-5-10-24)29-34-27(32-18-21-12-14-23(31)15-13-21)26-28(35-29)38(20-33-26)19-22-8-6-7-11-25(22)30/h3-15,20H,16-19H2,1-2H3,(H,32,34,35). The smallest absolute Gasteiger partial charge is 0.242 e. The van der Waals surface area contributed by atoms with Crippen molar-refractivity contribution in [3.8, 4) is 0 Å². The third-order valence-electron chi connectivity index (χ3n) is 6.67. The number of nitrogens with zero attached hydrogens (tertiary/aromatic N) is 6. The second-order valence-electron chi connectivity index (χ2n) is 9.55. The molecule has 0 aliphatic rings. The van der Waals surface area contributed by atoms with Gasteiger partial charge in [-0.05, 0) is 41.5 Å². The fourth-order valence-electron chi connectivity index (χ4n) is 4.22. The van der Waals surface area contributed by atoms with Crippen molar-refractivity contribution >= 4 is 44.6 Å². The molecular formula is C29H29ClFN7O2S. The number of halogens is 2. The van der Waals surface area contributed by atoms with Crippen LogP contribution >= 0.6 is 11.6 Å². The Labute approximate surface area is 243 Å². The van der Waals surface area contributed by atoms with E-state index in [1.807, 2.05) is 35.9 Å². The maximum atomic E-state index is 13.4. The van der Waals surface area contributed by atoms with Crippen molar-refractivity contribution in [1.29, 1.82) is 0 Å². The molecule has 0 aliphatic carbocycles. The molecule has 9 nitrogen and oxygen atoms in total. The monoisotopic (exact) mass is 593 g/mol. The number of hydrogen-bond acceptors (Lipinski definition) is 7. The van der Waals surface area contributed by atoms with E-state index in [2.05, 4.69) is 10.3 Å². The first-order valence-electron chi connectivity index (χ1n) is 12.9. The van der Waals surface area contributed by atoms with Gasteiger partial charge in [-0.15, -0.1) is 0 Å². The van der Waals surface area contributed by atoms with E-state index < -0.39 is 10.0 Å². The van der Waals surface area contributed by atoms with Gasteiger partial charge in [0, 0.05) is 38.8 Å². The lowest BCUT2D eigenvalue weighted by Crippen LogP contribution is -2.35. The Morgan fingerprint density at radius 1 is 0.927 bits per heavy atom. The van der Waals surface area contributed by atoms with Gasteiger partial charge >= 0.3 is 0 Å². The summed E-state index contributed by atoms with van der Waals surface area (Å²) in [7, 11) is -0.280. The van der Waals surface area contributed by atoms with Crippen LogP contribution in [0.4, 0.5) is 16.2 Å². The zero-order valence-electron chi connectivity index (χ0n) is 22.6. The molecule has 0 saturated heterocycles. The first kappa shape index (κ1) is 28.5. The molecular weight excluding hydrogens is 565 g/mol. The van der Waals surface area contributed by atoms with Gasteiger partial charge in [0.25, 0.3) is 0 Å². The van der Waals surface area contributed by atoms with Crippen LogP contribution in [-0.2, 0) is 23.1 Å². The van der Waals surface area contributed by atoms with E-state index in [1.54, 1.807) is 60.7 Å². The molecule has 212 valence electrons. The number of imidazole rings is 1. The van der Waals surface area contributed by atoms with Gasteiger partial charge < -0.3 is 14.8 Å². The molecule has 5 rings (SSSR count). The molecule has 0 atom stereocenters. The van der Waals surface area contributed by atoms with Gasteiger partial charge in [0.2, 0.25) is 16.0 Å². The van der Waals surface area contributed by atoms with Crippen molar-refractivity contribution in [3.05, 3.63) is 107 Å². The molecule has 0 fully saturated rings. The van der Waals surface area contributed by atoms with Gasteiger partial charge in [-0.25, -0.2) is 17.8 Å². The molecule has 0 radical (unpaired) electrons. The number of rotatable bonds is 11. The molecule has 41 heavy (non-hydrogen) atoms. The van der Waals surface area contributed by atoms with Crippen LogP contribution in [0.3, 0.4) is 0 Å². The SMILES string of the molecule is CN(CCN(C)S(=O)(=O)c1ccccc1)c1nc(NCc2ccc(F)cc2)c2ncn(Cc3ccccc3Cl)c2n1. The minimum Gasteiger partial charge on any atom is -0.364 e. The fraction of sp³-hybridized carbons (Fsp3) is 0.207. The van der Waals surface area contributed by atoms with Crippen LogP contribution < -0.4 is 10.2 Å². The Morgan fingerprint density at radius 3 is 2.37 bits per heavy atom. The highest BCUT2D eigenvalue weighted by molar-refractivity contribution is 7.89. The predicted molar refractivity (Wildman–Crippen MR) is 159 cm³/mol. The minimum atomic E-state index is -3.64. The molecule has 3 aromatic carbocycles. The molecule has 0 unspecified atom stereocenters. The van der Waals surface area contributed by atoms with Crippen LogP contribution in [0.1, 0.15) is 11.1 Å². The number of likely N-dealkylation sites (N-methyl/N-ethyl adjacent to an activating group) is 2. The van der Waals surface area contributed by atoms with E-state index in [0.29, 0.717) is 47.6 Å². The Morgan fingerprint density at radius 2 is 1.63 bits per heavy atom. The largest absolute Gasteiger partial charge is 0.364 e. The molecule has 2 heterocycles. The molecule has 0 aliphatic heterocycles. The summed E-state index contributed by atoms with van der Waals surface area (Å²) < 4.78 is 42.6. The van der Waals surface area contributed by atoms with Crippen LogP contribution in [0.15, 0.2) is 90.1 Å². The van der Waals surface area contributed by atoms with Crippen molar-refractivity contribution in [2.24, 2.45) is 0 Å². The highest BCUT2D eigenvalue weighted by Crippen LogP contribution is 2.25. The number of aromatic nitrogens is 4. The van der Waals surface area contributed by atoms with E-state index in [-0.39, 0.29) is 17.3 Å². The van der Waals surface area contributed by atoms with Crippen LogP contribution in [0.5, 0.6) is 0 Å². The number of sulfonamides is 1. The maximum absolute atomic E-state index is 13.4. The average Bonchev–Trinajstić information content (AvgIpc) is 3.39. The number of benzene rings is 3. The van der Waals surface area contributed by atoms with Crippen LogP contribution in [0, 0.1) is 5.82 Å². The van der Waals surface area contributed by atoms with Gasteiger partial charge in [-0.1, -0.05) is 60.1 Å². The summed E-state index contributed by atoms with van der Waals surface area (Å²) in [4.78, 5) is 16.1. The van der Waals surface area contributed by atoms with Crippen molar-refractivity contribution in [1.82, 2.24) is 23.8 Å². The van der Waals surface area contributed by atoms with Crippen LogP contribution in [-0.4, -0.2) is 59.4 Å². The van der Waals surface area contributed by atoms with E-state index in [9.17, 15) is 12.8 Å². The summed E-state index contributed by atoms with van der Waals surface area (Å²) in [6.45, 7) is 1.40. The Kier molecular flexibility index (Phi) is 8.48. The number of fused-ring (bicyclic) bond motifs is 1. The zero-order valence-corrected chi connectivity index (χ0v) is 24.1. The third kappa shape index (κ3) is 6.48. The number of nitrogens with one attached hydrogen (secondary N) is 1. The molecule has 12 heteroatoms. The summed E-state index contributed by atoms with van der Waals surface area (Å²) in [5, 5.41) is 3.95. The summed E-state index contributed by atoms with van der Waals surface area (Å²) in [5.41, 5.74) is 2.94. The molecule has 0 bridgehead atoms. The van der Waals surface area contributed by atoms with Crippen molar-refractivity contribution in [2.45, 2.75) is 18.0 Å². The van der Waals surface area contributed by atoms with E-state index in [1.165, 1.54) is 16.4 Å². The second kappa shape index (κ2) is 12.2. The molecule has 1 N–H and O–H groups in total. The summed E-state index contributed by atoms with van der Waals surface area (Å²) in [6.07, 6.45) is 1.69. The van der Waals surface area contributed by atoms with E-state index >= 15 is 0 Å². The number of hydrogen-bond donors (Lipinski definition) is 1. The first-order chi connectivity index (χ1) is 19.7. The van der Waals surface area contributed by atoms with Gasteiger partial charge in [0.1, 0.15) is 5.82 Å². The fourth-order valence-corrected chi connectivity index (χ4v) is 5.60. The number of anilines is 2. The summed E-state index contributed by atoms with van der Waals surface area (Å²) >= 11 is 6.42. The van der Waals surface area contributed by atoms with Gasteiger partial charge in [0.15, 0.2) is 17.0 Å². The lowest BCUT2D eigenvalue weighted by atomic mass is 10.2. The second-order valence-corrected chi connectivity index (χ2v) is 12.0. The average molecular weight is 594 g/mol. The van der Waals surface area contributed by atoms with Crippen LogP contribution in [0.25, 0.3) is 11.2 Å². The van der Waals surface area contributed by atoms with Gasteiger partial charge in [-0.3, -0.25) is 0 Å². The highest BCUT2D eigenvalue weighted by Gasteiger charge is 2.22. The van der Waals surface area contributed by atoms with Gasteiger partial charge in [0.05, 0.1) is 17.8 Å². The third-order valence-corrected chi connectivity index (χ3v) is 8.91. The zero-order chi connectivity index (χ0) is 29.0. The molecule has 2 aromatic heterocycles. The lowest BCUT2D eigenvalue weighted by Gasteiger charge is -2.22. The highest BCUT2D eigenvalue weighted by atomic mass is 35.5. The van der Waals surface area contributed by atoms with E-state index in [0.717, 1.165) is 11.1 Å². The van der Waals surface area contributed by atoms with Crippen molar-refractivity contribution in [2.75, 3.05) is 37.4 Å². The first-order valence-corrected chi connectivity index (χ1v) is 14.7. The Bertz CT molecular complexity index is 1750. The quantitative estimate of drug-likeness (QED) is 0.229. The lowest BCUT2D eigenvalue weighted by molar-refractivity contribution is 0.473. The topological polar surface area (TPSA) is 96.3 Å². The summed E-state index contributed by atoms with van der Waals surface area (Å²) in [6, 6.07) is 22.1. The van der Waals surface area contributed by atoms with Gasteiger partial charge in [-0.2, -0.15) is 14.3 Å². The molecule has 0 amide bonds. The minimum absolute atomic E-state index is 0.215. The molecule has 0 saturated carbocycles. The Balaban J connectivity index is 1.42. The van der Waals surface area contributed by atoms with Crippen LogP contribution in [0.2, 0.25) is 5.02 Å². The van der Waals surface area contributed by atoms with Crippen molar-refractivity contribution < 1.29 is 12.8 Å². The molecule has 0 spiro atoms. The predicted octanol–water partition coefficient (Wildman–Crippen LogP) is 5.04. The Hall–Kier alpha value is -4.06. The molecule has 5 aromatic rings. The normalized spacial score (nSPS) is 11.7.